The number of methoxy groups -OCH3 is 1. The van der Waals surface area contributed by atoms with E-state index in [9.17, 15) is 9.59 Å². The summed E-state index contributed by atoms with van der Waals surface area (Å²) in [7, 11) is 1.63. The predicted octanol–water partition coefficient (Wildman–Crippen LogP) is 3.34. The lowest BCUT2D eigenvalue weighted by Gasteiger charge is -2.09. The number of hydrogen-bond donors (Lipinski definition) is 2. The molecule has 0 aliphatic heterocycles. The highest BCUT2D eigenvalue weighted by molar-refractivity contribution is 5.92. The van der Waals surface area contributed by atoms with E-state index < -0.39 is 5.97 Å². The molecule has 5 nitrogen and oxygen atoms in total. The Hall–Kier alpha value is -3.08. The van der Waals surface area contributed by atoms with Crippen molar-refractivity contribution in [2.45, 2.75) is 20.4 Å². The fraction of sp³-hybridized carbons (Fsp3) is 0.200. The second-order valence-electron chi connectivity index (χ2n) is 5.73. The number of hydrogen-bond acceptors (Lipinski definition) is 3. The van der Waals surface area contributed by atoms with Gasteiger partial charge in [-0.2, -0.15) is 0 Å². The van der Waals surface area contributed by atoms with Gasteiger partial charge in [0.15, 0.2) is 0 Å². The number of rotatable bonds is 6. The minimum absolute atomic E-state index is 0.211. The van der Waals surface area contributed by atoms with Crippen LogP contribution in [0.25, 0.3) is 6.08 Å². The average Bonchev–Trinajstić information content (AvgIpc) is 2.59. The molecule has 2 aromatic rings. The molecule has 0 saturated heterocycles. The molecule has 130 valence electrons. The normalized spacial score (nSPS) is 10.7. The van der Waals surface area contributed by atoms with Crippen molar-refractivity contribution in [1.82, 2.24) is 5.32 Å². The number of carboxylic acid groups (broad SMARTS) is 1. The molecule has 0 heterocycles. The van der Waals surface area contributed by atoms with Crippen LogP contribution in [0.1, 0.15) is 32.6 Å². The highest BCUT2D eigenvalue weighted by atomic mass is 16.5. The predicted molar refractivity (Wildman–Crippen MR) is 96.8 cm³/mol. The minimum atomic E-state index is -0.969. The maximum Gasteiger partial charge on any atom is 0.335 e. The van der Waals surface area contributed by atoms with Crippen LogP contribution in [0.2, 0.25) is 0 Å². The first-order valence-corrected chi connectivity index (χ1v) is 7.84. The number of aromatic carboxylic acids is 1. The Labute approximate surface area is 146 Å². The van der Waals surface area contributed by atoms with Gasteiger partial charge in [-0.15, -0.1) is 0 Å². The molecule has 2 rings (SSSR count). The van der Waals surface area contributed by atoms with E-state index in [1.165, 1.54) is 18.2 Å². The number of benzene rings is 2. The molecule has 25 heavy (non-hydrogen) atoms. The van der Waals surface area contributed by atoms with Crippen LogP contribution in [0.3, 0.4) is 0 Å². The van der Waals surface area contributed by atoms with Crippen LogP contribution in [-0.4, -0.2) is 24.1 Å². The number of amides is 1. The molecule has 1 amide bonds. The van der Waals surface area contributed by atoms with Crippen LogP contribution in [0, 0.1) is 13.8 Å². The molecule has 0 saturated carbocycles. The summed E-state index contributed by atoms with van der Waals surface area (Å²) in [6.45, 7) is 4.28. The molecule has 0 aliphatic carbocycles. The third-order valence-electron chi connectivity index (χ3n) is 3.87. The SMILES string of the molecule is COc1cc(C)c(/C=C/C(=O)NCc2ccc(C(=O)O)cc2)c(C)c1. The lowest BCUT2D eigenvalue weighted by Crippen LogP contribution is -2.20. The van der Waals surface area contributed by atoms with Gasteiger partial charge in [0.2, 0.25) is 5.91 Å². The second kappa shape index (κ2) is 8.15. The summed E-state index contributed by atoms with van der Waals surface area (Å²) in [5.74, 6) is -0.387. The van der Waals surface area contributed by atoms with E-state index >= 15 is 0 Å². The van der Waals surface area contributed by atoms with Gasteiger partial charge in [-0.05, 0) is 66.4 Å². The number of carboxylic acids is 1. The van der Waals surface area contributed by atoms with Crippen molar-refractivity contribution in [3.05, 3.63) is 70.3 Å². The zero-order chi connectivity index (χ0) is 18.4. The molecule has 0 fully saturated rings. The standard InChI is InChI=1S/C20H21NO4/c1-13-10-17(25-3)11-14(2)18(13)8-9-19(22)21-12-15-4-6-16(7-5-15)20(23)24/h4-11H,12H2,1-3H3,(H,21,22)(H,23,24)/b9-8+. The molecular formula is C20H21NO4. The Morgan fingerprint density at radius 2 is 1.72 bits per heavy atom. The molecular weight excluding hydrogens is 318 g/mol. The first-order chi connectivity index (χ1) is 11.9. The third kappa shape index (κ3) is 4.94. The number of ether oxygens (including phenoxy) is 1. The van der Waals surface area contributed by atoms with Crippen molar-refractivity contribution in [1.29, 1.82) is 0 Å². The van der Waals surface area contributed by atoms with Crippen molar-refractivity contribution >= 4 is 18.0 Å². The Morgan fingerprint density at radius 3 is 2.24 bits per heavy atom. The molecule has 0 unspecified atom stereocenters. The van der Waals surface area contributed by atoms with Crippen molar-refractivity contribution < 1.29 is 19.4 Å². The van der Waals surface area contributed by atoms with Crippen molar-refractivity contribution in [3.8, 4) is 5.75 Å². The Kier molecular flexibility index (Phi) is 5.95. The molecule has 0 atom stereocenters. The van der Waals surface area contributed by atoms with Gasteiger partial charge in [-0.1, -0.05) is 12.1 Å². The van der Waals surface area contributed by atoms with Gasteiger partial charge < -0.3 is 15.2 Å². The Bertz CT molecular complexity index is 784. The van der Waals surface area contributed by atoms with E-state index in [4.69, 9.17) is 9.84 Å². The molecule has 2 aromatic carbocycles. The van der Waals surface area contributed by atoms with Gasteiger partial charge >= 0.3 is 5.97 Å². The molecule has 5 heteroatoms. The van der Waals surface area contributed by atoms with E-state index in [0.717, 1.165) is 28.0 Å². The summed E-state index contributed by atoms with van der Waals surface area (Å²) in [6.07, 6.45) is 3.28. The number of carbonyl (C=O) groups excluding carboxylic acids is 1. The van der Waals surface area contributed by atoms with Crippen molar-refractivity contribution in [2.24, 2.45) is 0 Å². The summed E-state index contributed by atoms with van der Waals surface area (Å²) in [6, 6.07) is 10.3. The topological polar surface area (TPSA) is 75.6 Å². The lowest BCUT2D eigenvalue weighted by molar-refractivity contribution is -0.116. The van der Waals surface area contributed by atoms with Gasteiger partial charge in [0.05, 0.1) is 12.7 Å². The van der Waals surface area contributed by atoms with Gasteiger partial charge in [0.25, 0.3) is 0 Å². The number of carbonyl (C=O) groups is 2. The van der Waals surface area contributed by atoms with Crippen LogP contribution in [-0.2, 0) is 11.3 Å². The minimum Gasteiger partial charge on any atom is -0.497 e. The van der Waals surface area contributed by atoms with Crippen molar-refractivity contribution in [3.63, 3.8) is 0 Å². The first-order valence-electron chi connectivity index (χ1n) is 7.84. The number of aryl methyl sites for hydroxylation is 2. The van der Waals surface area contributed by atoms with Crippen molar-refractivity contribution in [2.75, 3.05) is 7.11 Å². The van der Waals surface area contributed by atoms with Crippen LogP contribution >= 0.6 is 0 Å². The Morgan fingerprint density at radius 1 is 1.12 bits per heavy atom. The highest BCUT2D eigenvalue weighted by Crippen LogP contribution is 2.22. The van der Waals surface area contributed by atoms with E-state index in [1.54, 1.807) is 25.3 Å². The Balaban J connectivity index is 1.98. The van der Waals surface area contributed by atoms with Crippen LogP contribution < -0.4 is 10.1 Å². The molecule has 0 spiro atoms. The molecule has 0 radical (unpaired) electrons. The molecule has 0 aliphatic rings. The van der Waals surface area contributed by atoms with E-state index in [1.807, 2.05) is 26.0 Å². The average molecular weight is 339 g/mol. The zero-order valence-corrected chi connectivity index (χ0v) is 14.5. The maximum atomic E-state index is 12.0. The number of nitrogens with one attached hydrogen (secondary N) is 1. The fourth-order valence-corrected chi connectivity index (χ4v) is 2.49. The summed E-state index contributed by atoms with van der Waals surface area (Å²) in [5.41, 5.74) is 4.11. The highest BCUT2D eigenvalue weighted by Gasteiger charge is 2.05. The van der Waals surface area contributed by atoms with Gasteiger partial charge in [-0.25, -0.2) is 4.79 Å². The monoisotopic (exact) mass is 339 g/mol. The largest absolute Gasteiger partial charge is 0.497 e. The van der Waals surface area contributed by atoms with Gasteiger partial charge in [0.1, 0.15) is 5.75 Å². The zero-order valence-electron chi connectivity index (χ0n) is 14.5. The van der Waals surface area contributed by atoms with E-state index in [-0.39, 0.29) is 11.5 Å². The fourth-order valence-electron chi connectivity index (χ4n) is 2.49. The van der Waals surface area contributed by atoms with E-state index in [2.05, 4.69) is 5.32 Å². The lowest BCUT2D eigenvalue weighted by atomic mass is 10.0. The summed E-state index contributed by atoms with van der Waals surface area (Å²) in [4.78, 5) is 22.8. The van der Waals surface area contributed by atoms with Gasteiger partial charge in [0, 0.05) is 12.6 Å². The van der Waals surface area contributed by atoms with Gasteiger partial charge in [-0.3, -0.25) is 4.79 Å². The maximum absolute atomic E-state index is 12.0. The first kappa shape index (κ1) is 18.3. The molecule has 0 bridgehead atoms. The van der Waals surface area contributed by atoms with Crippen LogP contribution in [0.5, 0.6) is 5.75 Å². The van der Waals surface area contributed by atoms with Crippen LogP contribution in [0.15, 0.2) is 42.5 Å². The molecule has 0 aromatic heterocycles. The van der Waals surface area contributed by atoms with Crippen LogP contribution in [0.4, 0.5) is 0 Å². The van der Waals surface area contributed by atoms with E-state index in [0.29, 0.717) is 6.54 Å². The summed E-state index contributed by atoms with van der Waals surface area (Å²) >= 11 is 0. The quantitative estimate of drug-likeness (QED) is 0.792. The third-order valence-corrected chi connectivity index (χ3v) is 3.87. The summed E-state index contributed by atoms with van der Waals surface area (Å²) in [5, 5.41) is 11.6. The summed E-state index contributed by atoms with van der Waals surface area (Å²) < 4.78 is 5.23. The smallest absolute Gasteiger partial charge is 0.335 e. The second-order valence-corrected chi connectivity index (χ2v) is 5.73. The molecule has 2 N–H and O–H groups in total.